The van der Waals surface area contributed by atoms with Crippen molar-refractivity contribution in [3.05, 3.63) is 107 Å². The first kappa shape index (κ1) is 14.7. The van der Waals surface area contributed by atoms with Gasteiger partial charge < -0.3 is 0 Å². The van der Waals surface area contributed by atoms with Crippen LogP contribution in [0.2, 0.25) is 0 Å². The molecule has 0 amide bonds. The smallest absolute Gasteiger partial charge is 0.0261 e. The van der Waals surface area contributed by atoms with Crippen molar-refractivity contribution in [2.24, 2.45) is 0 Å². The second kappa shape index (κ2) is 7.17. The molecule has 0 saturated heterocycles. The van der Waals surface area contributed by atoms with Crippen LogP contribution in [-0.2, 0) is 0 Å². The van der Waals surface area contributed by atoms with E-state index in [1.54, 1.807) is 0 Å². The summed E-state index contributed by atoms with van der Waals surface area (Å²) < 4.78 is 0. The van der Waals surface area contributed by atoms with Crippen molar-refractivity contribution in [3.8, 4) is 23.7 Å². The highest BCUT2D eigenvalue weighted by Gasteiger charge is 1.91. The van der Waals surface area contributed by atoms with E-state index in [4.69, 9.17) is 0 Å². The molecule has 0 unspecified atom stereocenters. The van der Waals surface area contributed by atoms with E-state index in [1.165, 1.54) is 5.56 Å². The van der Waals surface area contributed by atoms with Crippen LogP contribution in [0.15, 0.2) is 78.9 Å². The summed E-state index contributed by atoms with van der Waals surface area (Å²) in [6.45, 7) is 2.08. The predicted molar refractivity (Wildman–Crippen MR) is 96.0 cm³/mol. The average Bonchev–Trinajstić information content (AvgIpc) is 2.61. The van der Waals surface area contributed by atoms with Gasteiger partial charge in [0.05, 0.1) is 0 Å². The van der Waals surface area contributed by atoms with Gasteiger partial charge in [0, 0.05) is 22.3 Å². The lowest BCUT2D eigenvalue weighted by Crippen LogP contribution is -1.80. The van der Waals surface area contributed by atoms with Crippen LogP contribution in [0.1, 0.15) is 27.8 Å². The fourth-order valence-electron chi connectivity index (χ4n) is 2.12. The predicted octanol–water partition coefficient (Wildman–Crippen LogP) is 4.79. The van der Waals surface area contributed by atoms with Gasteiger partial charge in [-0.05, 0) is 49.4 Å². The third-order valence-electron chi connectivity index (χ3n) is 3.39. The number of hydrogen-bond acceptors (Lipinski definition) is 0. The Morgan fingerprint density at radius 2 is 0.957 bits per heavy atom. The van der Waals surface area contributed by atoms with Gasteiger partial charge in [0.15, 0.2) is 0 Å². The molecule has 0 bridgehead atoms. The van der Waals surface area contributed by atoms with E-state index >= 15 is 0 Å². The maximum Gasteiger partial charge on any atom is 0.0261 e. The Kier molecular flexibility index (Phi) is 4.58. The fourth-order valence-corrected chi connectivity index (χ4v) is 2.12. The molecule has 0 atom stereocenters. The highest BCUT2D eigenvalue weighted by Crippen LogP contribution is 2.05. The van der Waals surface area contributed by atoms with Crippen molar-refractivity contribution >= 4 is 0 Å². The van der Waals surface area contributed by atoms with Gasteiger partial charge in [-0.1, -0.05) is 65.6 Å². The Morgan fingerprint density at radius 1 is 0.478 bits per heavy atom. The van der Waals surface area contributed by atoms with E-state index in [-0.39, 0.29) is 0 Å². The molecular formula is C23H16. The molecule has 0 saturated carbocycles. The SMILES string of the molecule is Cc1ccc(C#Cc2cccc(C#Cc3ccccc3)c2)cc1. The maximum absolute atomic E-state index is 3.20. The summed E-state index contributed by atoms with van der Waals surface area (Å²) in [5, 5.41) is 0. The molecule has 0 aliphatic rings. The van der Waals surface area contributed by atoms with Crippen LogP contribution in [0.5, 0.6) is 0 Å². The van der Waals surface area contributed by atoms with Crippen LogP contribution in [0.3, 0.4) is 0 Å². The molecule has 0 spiro atoms. The Hall–Kier alpha value is -3.22. The minimum atomic E-state index is 0.976. The summed E-state index contributed by atoms with van der Waals surface area (Å²) in [6, 6.07) is 26.3. The van der Waals surface area contributed by atoms with Crippen LogP contribution >= 0.6 is 0 Å². The molecule has 0 N–H and O–H groups in total. The molecule has 0 aliphatic heterocycles. The van der Waals surface area contributed by atoms with Crippen LogP contribution < -0.4 is 0 Å². The van der Waals surface area contributed by atoms with E-state index < -0.39 is 0 Å². The third kappa shape index (κ3) is 4.37. The molecule has 0 aliphatic carbocycles. The Labute approximate surface area is 137 Å². The van der Waals surface area contributed by atoms with Gasteiger partial charge >= 0.3 is 0 Å². The monoisotopic (exact) mass is 292 g/mol. The molecule has 108 valence electrons. The molecule has 23 heavy (non-hydrogen) atoms. The topological polar surface area (TPSA) is 0 Å². The average molecular weight is 292 g/mol. The Bertz CT molecular complexity index is 909. The Balaban J connectivity index is 1.81. The van der Waals surface area contributed by atoms with Gasteiger partial charge in [0.2, 0.25) is 0 Å². The lowest BCUT2D eigenvalue weighted by atomic mass is 10.1. The van der Waals surface area contributed by atoms with Gasteiger partial charge in [-0.3, -0.25) is 0 Å². The molecule has 0 aromatic heterocycles. The zero-order chi connectivity index (χ0) is 15.9. The van der Waals surface area contributed by atoms with Crippen molar-refractivity contribution in [2.45, 2.75) is 6.92 Å². The number of benzene rings is 3. The summed E-state index contributed by atoms with van der Waals surface area (Å²) in [5.74, 6) is 12.8. The highest BCUT2D eigenvalue weighted by atomic mass is 13.9. The molecule has 3 aromatic rings. The summed E-state index contributed by atoms with van der Waals surface area (Å²) in [4.78, 5) is 0. The normalized spacial score (nSPS) is 9.26. The largest absolute Gasteiger partial charge is 0.0622 e. The van der Waals surface area contributed by atoms with Gasteiger partial charge in [-0.15, -0.1) is 0 Å². The molecular weight excluding hydrogens is 276 g/mol. The van der Waals surface area contributed by atoms with Crippen LogP contribution in [0, 0.1) is 30.6 Å². The highest BCUT2D eigenvalue weighted by molar-refractivity contribution is 5.49. The van der Waals surface area contributed by atoms with E-state index in [9.17, 15) is 0 Å². The van der Waals surface area contributed by atoms with Crippen molar-refractivity contribution in [1.82, 2.24) is 0 Å². The molecule has 0 fully saturated rings. The van der Waals surface area contributed by atoms with Gasteiger partial charge in [-0.25, -0.2) is 0 Å². The Morgan fingerprint density at radius 3 is 1.57 bits per heavy atom. The second-order valence-electron chi connectivity index (χ2n) is 5.31. The first-order chi connectivity index (χ1) is 11.3. The minimum Gasteiger partial charge on any atom is -0.0622 e. The third-order valence-corrected chi connectivity index (χ3v) is 3.39. The van der Waals surface area contributed by atoms with E-state index in [2.05, 4.69) is 42.7 Å². The van der Waals surface area contributed by atoms with Crippen LogP contribution in [0.25, 0.3) is 0 Å². The van der Waals surface area contributed by atoms with Crippen molar-refractivity contribution in [3.63, 3.8) is 0 Å². The first-order valence-electron chi connectivity index (χ1n) is 7.55. The quantitative estimate of drug-likeness (QED) is 0.522. The minimum absolute atomic E-state index is 0.976. The lowest BCUT2D eigenvalue weighted by Gasteiger charge is -1.94. The molecule has 0 heteroatoms. The molecule has 0 heterocycles. The van der Waals surface area contributed by atoms with Crippen molar-refractivity contribution in [2.75, 3.05) is 0 Å². The zero-order valence-corrected chi connectivity index (χ0v) is 13.0. The summed E-state index contributed by atoms with van der Waals surface area (Å²) >= 11 is 0. The summed E-state index contributed by atoms with van der Waals surface area (Å²) in [5.41, 5.74) is 5.24. The van der Waals surface area contributed by atoms with Crippen LogP contribution in [-0.4, -0.2) is 0 Å². The molecule has 3 aromatic carbocycles. The van der Waals surface area contributed by atoms with Crippen LogP contribution in [0.4, 0.5) is 0 Å². The molecule has 0 radical (unpaired) electrons. The fraction of sp³-hybridized carbons (Fsp3) is 0.0435. The van der Waals surface area contributed by atoms with Crippen molar-refractivity contribution < 1.29 is 0 Å². The molecule has 3 rings (SSSR count). The molecule has 0 nitrogen and oxygen atoms in total. The summed E-state index contributed by atoms with van der Waals surface area (Å²) in [7, 11) is 0. The van der Waals surface area contributed by atoms with Gasteiger partial charge in [-0.2, -0.15) is 0 Å². The van der Waals surface area contributed by atoms with E-state index in [0.717, 1.165) is 22.3 Å². The maximum atomic E-state index is 3.20. The zero-order valence-electron chi connectivity index (χ0n) is 13.0. The number of aryl methyl sites for hydroxylation is 1. The van der Waals surface area contributed by atoms with Gasteiger partial charge in [0.1, 0.15) is 0 Å². The number of rotatable bonds is 0. The first-order valence-corrected chi connectivity index (χ1v) is 7.55. The van der Waals surface area contributed by atoms with E-state index in [1.807, 2.05) is 66.7 Å². The number of hydrogen-bond donors (Lipinski definition) is 0. The van der Waals surface area contributed by atoms with E-state index in [0.29, 0.717) is 0 Å². The van der Waals surface area contributed by atoms with Gasteiger partial charge in [0.25, 0.3) is 0 Å². The van der Waals surface area contributed by atoms with Crippen molar-refractivity contribution in [1.29, 1.82) is 0 Å². The lowest BCUT2D eigenvalue weighted by molar-refractivity contribution is 1.46. The standard InChI is InChI=1S/C23H16/c1-19-10-12-21(13-11-19)15-17-23-9-5-8-22(18-23)16-14-20-6-3-2-4-7-20/h2-13,18H,1H3. The summed E-state index contributed by atoms with van der Waals surface area (Å²) in [6.07, 6.45) is 0. The second-order valence-corrected chi connectivity index (χ2v) is 5.31.